The van der Waals surface area contributed by atoms with Crippen molar-refractivity contribution in [3.63, 3.8) is 0 Å². The van der Waals surface area contributed by atoms with Gasteiger partial charge in [-0.25, -0.2) is 9.97 Å². The molecule has 1 aromatic carbocycles. The number of halogens is 1. The molecule has 0 amide bonds. The smallest absolute Gasteiger partial charge is 0.222 e. The van der Waals surface area contributed by atoms with Crippen molar-refractivity contribution in [3.8, 4) is 11.4 Å². The van der Waals surface area contributed by atoms with E-state index in [2.05, 4.69) is 32.3 Å². The van der Waals surface area contributed by atoms with Gasteiger partial charge in [0.1, 0.15) is 10.8 Å². The molecule has 0 unspecified atom stereocenters. The fourth-order valence-corrected chi connectivity index (χ4v) is 3.29. The van der Waals surface area contributed by atoms with E-state index in [9.17, 15) is 0 Å². The predicted octanol–water partition coefficient (Wildman–Crippen LogP) is 2.59. The van der Waals surface area contributed by atoms with E-state index in [0.717, 1.165) is 22.2 Å². The maximum atomic E-state index is 6.03. The Balaban J connectivity index is 1.83. The van der Waals surface area contributed by atoms with Crippen LogP contribution in [0.5, 0.6) is 0 Å². The molecular formula is C17H16ClN7. The van der Waals surface area contributed by atoms with Crippen LogP contribution in [0, 0.1) is 0 Å². The molecule has 8 heteroatoms. The van der Waals surface area contributed by atoms with E-state index in [0.29, 0.717) is 17.3 Å². The number of aromatic nitrogens is 6. The van der Waals surface area contributed by atoms with Crippen LogP contribution in [0.4, 0.5) is 5.95 Å². The molecule has 0 aliphatic heterocycles. The fourth-order valence-electron chi connectivity index (χ4n) is 3.10. The maximum absolute atomic E-state index is 6.03. The van der Waals surface area contributed by atoms with Crippen molar-refractivity contribution in [2.45, 2.75) is 6.42 Å². The van der Waals surface area contributed by atoms with Crippen LogP contribution in [0.1, 0.15) is 11.1 Å². The SMILES string of the molecule is Cn1cc(Cc2cccc3cnn(C)c23)c(-c2cc(Cl)nc(N)n2)n1. The quantitative estimate of drug-likeness (QED) is 0.572. The Labute approximate surface area is 149 Å². The van der Waals surface area contributed by atoms with Gasteiger partial charge in [-0.2, -0.15) is 10.2 Å². The van der Waals surface area contributed by atoms with Gasteiger partial charge in [-0.1, -0.05) is 29.8 Å². The summed E-state index contributed by atoms with van der Waals surface area (Å²) in [4.78, 5) is 8.19. The second-order valence-corrected chi connectivity index (χ2v) is 6.30. The zero-order valence-corrected chi connectivity index (χ0v) is 14.6. The molecule has 0 saturated heterocycles. The molecule has 4 aromatic rings. The minimum atomic E-state index is 0.132. The highest BCUT2D eigenvalue weighted by Crippen LogP contribution is 2.27. The Hall–Kier alpha value is -2.93. The third-order valence-corrected chi connectivity index (χ3v) is 4.28. The van der Waals surface area contributed by atoms with Crippen LogP contribution in [-0.2, 0) is 20.5 Å². The van der Waals surface area contributed by atoms with E-state index in [1.807, 2.05) is 37.2 Å². The van der Waals surface area contributed by atoms with E-state index >= 15 is 0 Å². The number of hydrogen-bond donors (Lipinski definition) is 1. The van der Waals surface area contributed by atoms with Crippen molar-refractivity contribution in [1.29, 1.82) is 0 Å². The molecule has 2 N–H and O–H groups in total. The molecule has 0 radical (unpaired) electrons. The number of nitrogens with two attached hydrogens (primary N) is 1. The van der Waals surface area contributed by atoms with Crippen LogP contribution >= 0.6 is 11.6 Å². The average molecular weight is 354 g/mol. The second kappa shape index (κ2) is 5.86. The number of nitrogens with zero attached hydrogens (tertiary/aromatic N) is 6. The lowest BCUT2D eigenvalue weighted by Gasteiger charge is -2.06. The lowest BCUT2D eigenvalue weighted by atomic mass is 10.0. The molecule has 4 rings (SSSR count). The van der Waals surface area contributed by atoms with E-state index in [4.69, 9.17) is 17.3 Å². The Morgan fingerprint density at radius 2 is 2.00 bits per heavy atom. The third-order valence-electron chi connectivity index (χ3n) is 4.08. The standard InChI is InChI=1S/C17H16ClN7/c1-24-9-12(15(23-24)13-7-14(18)22-17(19)21-13)6-10-4-3-5-11-8-20-25(2)16(10)11/h3-5,7-9H,6H2,1-2H3,(H2,19,21,22). The van der Waals surface area contributed by atoms with Crippen molar-refractivity contribution < 1.29 is 0 Å². The maximum Gasteiger partial charge on any atom is 0.222 e. The van der Waals surface area contributed by atoms with Crippen molar-refractivity contribution in [3.05, 3.63) is 52.9 Å². The average Bonchev–Trinajstić information content (AvgIpc) is 3.10. The van der Waals surface area contributed by atoms with Crippen LogP contribution in [0.2, 0.25) is 5.15 Å². The number of nitrogen functional groups attached to an aromatic ring is 1. The van der Waals surface area contributed by atoms with Gasteiger partial charge in [0.25, 0.3) is 0 Å². The number of aryl methyl sites for hydroxylation is 2. The summed E-state index contributed by atoms with van der Waals surface area (Å²) in [7, 11) is 3.82. The number of para-hydroxylation sites is 1. The topological polar surface area (TPSA) is 87.4 Å². The molecule has 0 spiro atoms. The molecule has 0 saturated carbocycles. The normalized spacial score (nSPS) is 11.3. The van der Waals surface area contributed by atoms with Crippen LogP contribution in [0.3, 0.4) is 0 Å². The molecule has 0 aliphatic rings. The first-order valence-electron chi connectivity index (χ1n) is 7.74. The summed E-state index contributed by atoms with van der Waals surface area (Å²) in [5.41, 5.74) is 10.4. The zero-order valence-electron chi connectivity index (χ0n) is 13.8. The highest BCUT2D eigenvalue weighted by Gasteiger charge is 2.16. The molecule has 3 heterocycles. The molecular weight excluding hydrogens is 338 g/mol. The Kier molecular flexibility index (Phi) is 3.65. The van der Waals surface area contributed by atoms with Gasteiger partial charge >= 0.3 is 0 Å². The Bertz CT molecular complexity index is 1060. The highest BCUT2D eigenvalue weighted by atomic mass is 35.5. The summed E-state index contributed by atoms with van der Waals surface area (Å²) < 4.78 is 3.65. The van der Waals surface area contributed by atoms with Crippen LogP contribution in [0.15, 0.2) is 36.7 Å². The first kappa shape index (κ1) is 15.6. The Morgan fingerprint density at radius 3 is 2.80 bits per heavy atom. The predicted molar refractivity (Wildman–Crippen MR) is 97.2 cm³/mol. The molecule has 0 fully saturated rings. The zero-order chi connectivity index (χ0) is 17.6. The lowest BCUT2D eigenvalue weighted by molar-refractivity contribution is 0.769. The van der Waals surface area contributed by atoms with Gasteiger partial charge < -0.3 is 5.73 Å². The van der Waals surface area contributed by atoms with Crippen molar-refractivity contribution in [2.24, 2.45) is 14.1 Å². The van der Waals surface area contributed by atoms with Crippen molar-refractivity contribution in [1.82, 2.24) is 29.5 Å². The summed E-state index contributed by atoms with van der Waals surface area (Å²) in [5, 5.41) is 10.3. The van der Waals surface area contributed by atoms with Crippen molar-refractivity contribution in [2.75, 3.05) is 5.73 Å². The number of hydrogen-bond acceptors (Lipinski definition) is 5. The summed E-state index contributed by atoms with van der Waals surface area (Å²) in [6, 6.07) is 7.87. The molecule has 0 atom stereocenters. The highest BCUT2D eigenvalue weighted by molar-refractivity contribution is 6.29. The van der Waals surface area contributed by atoms with E-state index in [1.54, 1.807) is 10.7 Å². The fraction of sp³-hybridized carbons (Fsp3) is 0.176. The molecule has 7 nitrogen and oxygen atoms in total. The molecule has 0 bridgehead atoms. The number of anilines is 1. The molecule has 3 aromatic heterocycles. The minimum Gasteiger partial charge on any atom is -0.368 e. The van der Waals surface area contributed by atoms with E-state index in [1.165, 1.54) is 5.56 Å². The van der Waals surface area contributed by atoms with Crippen LogP contribution in [0.25, 0.3) is 22.3 Å². The first-order chi connectivity index (χ1) is 12.0. The molecule has 25 heavy (non-hydrogen) atoms. The first-order valence-corrected chi connectivity index (χ1v) is 8.11. The summed E-state index contributed by atoms with van der Waals surface area (Å²) >= 11 is 6.03. The monoisotopic (exact) mass is 353 g/mol. The van der Waals surface area contributed by atoms with E-state index < -0.39 is 0 Å². The molecule has 126 valence electrons. The number of benzene rings is 1. The summed E-state index contributed by atoms with van der Waals surface area (Å²) in [6.07, 6.45) is 4.55. The number of rotatable bonds is 3. The molecule has 0 aliphatic carbocycles. The van der Waals surface area contributed by atoms with Crippen LogP contribution < -0.4 is 5.73 Å². The lowest BCUT2D eigenvalue weighted by Crippen LogP contribution is -2.00. The van der Waals surface area contributed by atoms with Gasteiger partial charge in [-0.3, -0.25) is 9.36 Å². The summed E-state index contributed by atoms with van der Waals surface area (Å²) in [5.74, 6) is 0.132. The van der Waals surface area contributed by atoms with Crippen molar-refractivity contribution >= 4 is 28.5 Å². The second-order valence-electron chi connectivity index (χ2n) is 5.91. The van der Waals surface area contributed by atoms with Gasteiger partial charge in [0.2, 0.25) is 5.95 Å². The number of fused-ring (bicyclic) bond motifs is 1. The van der Waals surface area contributed by atoms with Gasteiger partial charge in [0, 0.05) is 43.7 Å². The Morgan fingerprint density at radius 1 is 1.16 bits per heavy atom. The van der Waals surface area contributed by atoms with Crippen LogP contribution in [-0.4, -0.2) is 29.5 Å². The summed E-state index contributed by atoms with van der Waals surface area (Å²) in [6.45, 7) is 0. The van der Waals surface area contributed by atoms with E-state index in [-0.39, 0.29) is 5.95 Å². The van der Waals surface area contributed by atoms with Gasteiger partial charge in [-0.15, -0.1) is 0 Å². The largest absolute Gasteiger partial charge is 0.368 e. The van der Waals surface area contributed by atoms with Gasteiger partial charge in [0.15, 0.2) is 0 Å². The minimum absolute atomic E-state index is 0.132. The third kappa shape index (κ3) is 2.83. The van der Waals surface area contributed by atoms with Gasteiger partial charge in [-0.05, 0) is 5.56 Å². The van der Waals surface area contributed by atoms with Gasteiger partial charge in [0.05, 0.1) is 17.4 Å².